The van der Waals surface area contributed by atoms with Crippen LogP contribution in [0.3, 0.4) is 0 Å². The van der Waals surface area contributed by atoms with E-state index in [-0.39, 0.29) is 19.1 Å². The fraction of sp³-hybridized carbons (Fsp3) is 0.727. The van der Waals surface area contributed by atoms with Crippen LogP contribution in [0.2, 0.25) is 0 Å². The Morgan fingerprint density at radius 2 is 2.16 bits per heavy atom. The molecule has 8 heteroatoms. The highest BCUT2D eigenvalue weighted by Gasteiger charge is 2.33. The Morgan fingerprint density at radius 1 is 1.47 bits per heavy atom. The molecular weight excluding hydrogens is 254 g/mol. The van der Waals surface area contributed by atoms with Crippen LogP contribution in [0.1, 0.15) is 13.8 Å². The van der Waals surface area contributed by atoms with Gasteiger partial charge in [0.25, 0.3) is 0 Å². The first-order valence-electron chi connectivity index (χ1n) is 6.12. The van der Waals surface area contributed by atoms with Gasteiger partial charge in [0, 0.05) is 13.1 Å². The third-order valence-electron chi connectivity index (χ3n) is 2.75. The topological polar surface area (TPSA) is 108 Å². The third kappa shape index (κ3) is 4.09. The minimum atomic E-state index is -1.13. The van der Waals surface area contributed by atoms with Crippen LogP contribution in [0.5, 0.6) is 0 Å². The van der Waals surface area contributed by atoms with Crippen molar-refractivity contribution in [2.24, 2.45) is 0 Å². The Bertz CT molecular complexity index is 360. The van der Waals surface area contributed by atoms with E-state index in [4.69, 9.17) is 9.84 Å². The van der Waals surface area contributed by atoms with Gasteiger partial charge in [0.2, 0.25) is 5.91 Å². The Morgan fingerprint density at radius 3 is 2.74 bits per heavy atom. The van der Waals surface area contributed by atoms with Gasteiger partial charge in [-0.3, -0.25) is 9.59 Å². The molecule has 1 heterocycles. The molecular formula is C11H19N3O5. The lowest BCUT2D eigenvalue weighted by molar-refractivity contribution is -0.138. The number of carboxylic acids is 1. The number of urea groups is 1. The van der Waals surface area contributed by atoms with Crippen molar-refractivity contribution in [3.63, 3.8) is 0 Å². The van der Waals surface area contributed by atoms with Crippen molar-refractivity contribution in [2.45, 2.75) is 25.9 Å². The van der Waals surface area contributed by atoms with E-state index in [0.717, 1.165) is 0 Å². The highest BCUT2D eigenvalue weighted by molar-refractivity contribution is 5.89. The number of carbonyl (C=O) groups is 3. The Hall–Kier alpha value is -1.83. The lowest BCUT2D eigenvalue weighted by atomic mass is 10.2. The summed E-state index contributed by atoms with van der Waals surface area (Å²) < 4.78 is 5.18. The van der Waals surface area contributed by atoms with Crippen LogP contribution in [0, 0.1) is 0 Å². The molecule has 0 aliphatic carbocycles. The van der Waals surface area contributed by atoms with Crippen molar-refractivity contribution in [1.82, 2.24) is 15.5 Å². The Labute approximate surface area is 111 Å². The van der Waals surface area contributed by atoms with Crippen molar-refractivity contribution in [1.29, 1.82) is 0 Å². The fourth-order valence-corrected chi connectivity index (χ4v) is 1.69. The molecule has 2 atom stereocenters. The molecule has 1 fully saturated rings. The van der Waals surface area contributed by atoms with Gasteiger partial charge in [-0.15, -0.1) is 0 Å². The van der Waals surface area contributed by atoms with Gasteiger partial charge < -0.3 is 25.4 Å². The molecule has 0 bridgehead atoms. The zero-order valence-electron chi connectivity index (χ0n) is 11.0. The maximum Gasteiger partial charge on any atom is 0.325 e. The zero-order chi connectivity index (χ0) is 14.4. The first-order chi connectivity index (χ1) is 8.97. The SMILES string of the molecule is CCNC(=O)C1COCCN1C(=O)NC(C)C(=O)O. The minimum Gasteiger partial charge on any atom is -0.480 e. The van der Waals surface area contributed by atoms with Crippen LogP contribution >= 0.6 is 0 Å². The number of ether oxygens (including phenoxy) is 1. The van der Waals surface area contributed by atoms with Gasteiger partial charge in [0.05, 0.1) is 13.2 Å². The number of aliphatic carboxylic acids is 1. The number of amides is 3. The van der Waals surface area contributed by atoms with E-state index >= 15 is 0 Å². The molecule has 1 saturated heterocycles. The average molecular weight is 273 g/mol. The monoisotopic (exact) mass is 273 g/mol. The van der Waals surface area contributed by atoms with Crippen LogP contribution in [0.4, 0.5) is 4.79 Å². The Balaban J connectivity index is 2.68. The molecule has 1 rings (SSSR count). The highest BCUT2D eigenvalue weighted by atomic mass is 16.5. The van der Waals surface area contributed by atoms with Crippen LogP contribution < -0.4 is 10.6 Å². The molecule has 0 radical (unpaired) electrons. The average Bonchev–Trinajstić information content (AvgIpc) is 2.38. The van der Waals surface area contributed by atoms with Crippen LogP contribution in [0.25, 0.3) is 0 Å². The van der Waals surface area contributed by atoms with Gasteiger partial charge in [-0.2, -0.15) is 0 Å². The quantitative estimate of drug-likeness (QED) is 0.609. The Kier molecular flexibility index (Phi) is 5.56. The molecule has 0 aromatic carbocycles. The molecule has 19 heavy (non-hydrogen) atoms. The summed E-state index contributed by atoms with van der Waals surface area (Å²) in [5, 5.41) is 13.7. The van der Waals surface area contributed by atoms with Crippen molar-refractivity contribution < 1.29 is 24.2 Å². The molecule has 108 valence electrons. The molecule has 1 aliphatic rings. The lowest BCUT2D eigenvalue weighted by Gasteiger charge is -2.34. The number of rotatable bonds is 4. The second kappa shape index (κ2) is 6.93. The smallest absolute Gasteiger partial charge is 0.325 e. The molecule has 1 aliphatic heterocycles. The van der Waals surface area contributed by atoms with E-state index in [0.29, 0.717) is 13.2 Å². The number of nitrogens with zero attached hydrogens (tertiary/aromatic N) is 1. The summed E-state index contributed by atoms with van der Waals surface area (Å²) in [5.41, 5.74) is 0. The van der Waals surface area contributed by atoms with Gasteiger partial charge in [0.1, 0.15) is 12.1 Å². The lowest BCUT2D eigenvalue weighted by Crippen LogP contribution is -2.59. The summed E-state index contributed by atoms with van der Waals surface area (Å²) in [5.74, 6) is -1.43. The molecule has 3 amide bonds. The molecule has 8 nitrogen and oxygen atoms in total. The number of morpholine rings is 1. The number of hydrogen-bond donors (Lipinski definition) is 3. The molecule has 2 unspecified atom stereocenters. The normalized spacial score (nSPS) is 20.5. The predicted octanol–water partition coefficient (Wildman–Crippen LogP) is -0.994. The van der Waals surface area contributed by atoms with Crippen molar-refractivity contribution in [2.75, 3.05) is 26.3 Å². The largest absolute Gasteiger partial charge is 0.480 e. The van der Waals surface area contributed by atoms with E-state index in [1.165, 1.54) is 11.8 Å². The second-order valence-corrected chi connectivity index (χ2v) is 4.19. The molecule has 3 N–H and O–H groups in total. The van der Waals surface area contributed by atoms with Gasteiger partial charge in [0.15, 0.2) is 0 Å². The summed E-state index contributed by atoms with van der Waals surface area (Å²) in [6.45, 7) is 4.28. The maximum atomic E-state index is 11.9. The summed E-state index contributed by atoms with van der Waals surface area (Å²) in [6, 6.07) is -2.31. The van der Waals surface area contributed by atoms with Crippen LogP contribution in [-0.2, 0) is 14.3 Å². The maximum absolute atomic E-state index is 11.9. The molecule has 0 spiro atoms. The molecule has 0 aromatic rings. The van der Waals surface area contributed by atoms with E-state index in [1.54, 1.807) is 6.92 Å². The predicted molar refractivity (Wildman–Crippen MR) is 65.6 cm³/mol. The third-order valence-corrected chi connectivity index (χ3v) is 2.75. The van der Waals surface area contributed by atoms with Gasteiger partial charge in [-0.05, 0) is 13.8 Å². The first kappa shape index (κ1) is 15.2. The van der Waals surface area contributed by atoms with Crippen LogP contribution in [-0.4, -0.2) is 66.3 Å². The second-order valence-electron chi connectivity index (χ2n) is 4.19. The van der Waals surface area contributed by atoms with E-state index in [9.17, 15) is 14.4 Å². The van der Waals surface area contributed by atoms with E-state index in [1.807, 2.05) is 0 Å². The van der Waals surface area contributed by atoms with Gasteiger partial charge in [-0.1, -0.05) is 0 Å². The number of hydrogen-bond acceptors (Lipinski definition) is 4. The summed E-state index contributed by atoms with van der Waals surface area (Å²) >= 11 is 0. The summed E-state index contributed by atoms with van der Waals surface area (Å²) in [6.07, 6.45) is 0. The minimum absolute atomic E-state index is 0.112. The van der Waals surface area contributed by atoms with Gasteiger partial charge >= 0.3 is 12.0 Å². The van der Waals surface area contributed by atoms with Crippen LogP contribution in [0.15, 0.2) is 0 Å². The number of nitrogens with one attached hydrogen (secondary N) is 2. The fourth-order valence-electron chi connectivity index (χ4n) is 1.69. The van der Waals surface area contributed by atoms with Crippen molar-refractivity contribution >= 4 is 17.9 Å². The highest BCUT2D eigenvalue weighted by Crippen LogP contribution is 2.08. The summed E-state index contributed by atoms with van der Waals surface area (Å²) in [7, 11) is 0. The van der Waals surface area contributed by atoms with Crippen molar-refractivity contribution in [3.8, 4) is 0 Å². The first-order valence-corrected chi connectivity index (χ1v) is 6.12. The number of carbonyl (C=O) groups excluding carboxylic acids is 2. The van der Waals surface area contributed by atoms with Gasteiger partial charge in [-0.25, -0.2) is 4.79 Å². The van der Waals surface area contributed by atoms with E-state index in [2.05, 4.69) is 10.6 Å². The summed E-state index contributed by atoms with van der Waals surface area (Å²) in [4.78, 5) is 35.7. The molecule has 0 aromatic heterocycles. The zero-order valence-corrected chi connectivity index (χ0v) is 11.0. The number of likely N-dealkylation sites (N-methyl/N-ethyl adjacent to an activating group) is 1. The van der Waals surface area contributed by atoms with Crippen molar-refractivity contribution in [3.05, 3.63) is 0 Å². The van der Waals surface area contributed by atoms with E-state index < -0.39 is 24.1 Å². The number of carboxylic acid groups (broad SMARTS) is 1. The standard InChI is InChI=1S/C11H19N3O5/c1-3-12-9(15)8-6-19-5-4-14(8)11(18)13-7(2)10(16)17/h7-8H,3-6H2,1-2H3,(H,12,15)(H,13,18)(H,16,17). The molecule has 0 saturated carbocycles.